The van der Waals surface area contributed by atoms with Gasteiger partial charge < -0.3 is 0 Å². The molecule has 0 saturated heterocycles. The van der Waals surface area contributed by atoms with Gasteiger partial charge in [0.15, 0.2) is 0 Å². The minimum atomic E-state index is -10.7. The Hall–Kier alpha value is -1.63. The van der Waals surface area contributed by atoms with Crippen LogP contribution in [0.1, 0.15) is 25.5 Å². The molecule has 2 aromatic heterocycles. The topological polar surface area (TPSA) is 21.7 Å². The predicted molar refractivity (Wildman–Crippen MR) is 76.4 cm³/mol. The van der Waals surface area contributed by atoms with Gasteiger partial charge in [-0.1, -0.05) is 19.4 Å². The molecule has 0 unspecified atom stereocenters. The molecule has 132 valence electrons. The van der Waals surface area contributed by atoms with Crippen molar-refractivity contribution in [1.82, 2.24) is 9.55 Å². The maximum absolute atomic E-state index is 10.7. The molecule has 0 aromatic carbocycles. The van der Waals surface area contributed by atoms with Crippen LogP contribution in [0, 0.1) is 0 Å². The number of rotatable bonds is 5. The van der Waals surface area contributed by atoms with Gasteiger partial charge in [-0.05, 0) is 18.6 Å². The number of aromatic nitrogens is 3. The quantitative estimate of drug-likeness (QED) is 0.397. The van der Waals surface area contributed by atoms with Crippen LogP contribution in [-0.2, 0) is 13.1 Å². The van der Waals surface area contributed by atoms with E-state index in [1.54, 1.807) is 0 Å². The first kappa shape index (κ1) is 19.4. The van der Waals surface area contributed by atoms with Crippen molar-refractivity contribution in [3.05, 3.63) is 48.8 Å². The van der Waals surface area contributed by atoms with Gasteiger partial charge in [0.25, 0.3) is 0 Å². The van der Waals surface area contributed by atoms with Gasteiger partial charge in [0.05, 0.1) is 12.2 Å². The Morgan fingerprint density at radius 2 is 1.78 bits per heavy atom. The summed E-state index contributed by atoms with van der Waals surface area (Å²) in [4.78, 5) is 4.32. The summed E-state index contributed by atoms with van der Waals surface area (Å²) in [6.45, 7) is 4.16. The number of halogens is 6. The van der Waals surface area contributed by atoms with Crippen LogP contribution in [0.4, 0.5) is 25.2 Å². The Bertz CT molecular complexity index is 598. The van der Waals surface area contributed by atoms with Crippen molar-refractivity contribution in [2.24, 2.45) is 0 Å². The molecule has 0 aliphatic heterocycles. The number of pyridine rings is 1. The molecule has 10 heteroatoms. The van der Waals surface area contributed by atoms with Crippen molar-refractivity contribution in [2.45, 2.75) is 32.9 Å². The fraction of sp³-hybridized carbons (Fsp3) is 0.385. The molecule has 3 nitrogen and oxygen atoms in total. The molecule has 23 heavy (non-hydrogen) atoms. The van der Waals surface area contributed by atoms with Crippen LogP contribution in [0.25, 0.3) is 0 Å². The summed E-state index contributed by atoms with van der Waals surface area (Å²) in [5.41, 5.74) is 1.10. The third-order valence-electron chi connectivity index (χ3n) is 2.59. The fourth-order valence-corrected chi connectivity index (χ4v) is 1.68. The Labute approximate surface area is 129 Å². The number of imidazole rings is 1. The molecule has 2 heterocycles. The van der Waals surface area contributed by atoms with E-state index in [-0.39, 0.29) is 0 Å². The fourth-order valence-electron chi connectivity index (χ4n) is 1.68. The van der Waals surface area contributed by atoms with Crippen molar-refractivity contribution < 1.29 is 29.7 Å². The maximum atomic E-state index is 9.87. The van der Waals surface area contributed by atoms with Gasteiger partial charge in [-0.15, -0.1) is 0 Å². The molecule has 0 amide bonds. The summed E-state index contributed by atoms with van der Waals surface area (Å²) in [5, 5.41) is 0. The van der Waals surface area contributed by atoms with Crippen LogP contribution >= 0.6 is 7.81 Å². The number of nitrogens with zero attached hydrogens (tertiary/aromatic N) is 3. The molecule has 0 atom stereocenters. The minimum absolute atomic E-state index is 0.847. The number of hydrogen-bond acceptors (Lipinski definition) is 1. The number of hydrogen-bond donors (Lipinski definition) is 0. The van der Waals surface area contributed by atoms with E-state index in [2.05, 4.69) is 45.8 Å². The zero-order valence-corrected chi connectivity index (χ0v) is 13.3. The Morgan fingerprint density at radius 3 is 2.30 bits per heavy atom. The zero-order chi connectivity index (χ0) is 17.6. The summed E-state index contributed by atoms with van der Waals surface area (Å²) in [6.07, 6.45) is 10.7. The molecule has 0 N–H and O–H groups in total. The molecule has 0 spiro atoms. The first-order valence-corrected chi connectivity index (χ1v) is 8.87. The van der Waals surface area contributed by atoms with E-state index in [1.807, 2.05) is 18.3 Å². The standard InChI is InChI=1S/C13H18N3.F6P/c1-2-3-8-15-9-10-16(12-15)11-13-6-4-5-7-14-13;1-7(2,3,4,5)6/h4-7,9-10,12H,2-3,8,11H2,1H3;/q+1;-1. The Morgan fingerprint density at radius 1 is 1.13 bits per heavy atom. The predicted octanol–water partition coefficient (Wildman–Crippen LogP) is 5.40. The van der Waals surface area contributed by atoms with Crippen LogP contribution in [0.2, 0.25) is 0 Å². The van der Waals surface area contributed by atoms with Gasteiger partial charge in [-0.25, -0.2) is 9.13 Å². The number of aryl methyl sites for hydroxylation is 1. The third kappa shape index (κ3) is 12.6. The summed E-state index contributed by atoms with van der Waals surface area (Å²) >= 11 is 0. The van der Waals surface area contributed by atoms with Gasteiger partial charge >= 0.3 is 33.0 Å². The average Bonchev–Trinajstić information content (AvgIpc) is 2.81. The van der Waals surface area contributed by atoms with Crippen LogP contribution in [0.15, 0.2) is 43.1 Å². The average molecular weight is 361 g/mol. The van der Waals surface area contributed by atoms with Crippen molar-refractivity contribution in [2.75, 3.05) is 0 Å². The Kier molecular flexibility index (Phi) is 5.46. The molecule has 2 rings (SSSR count). The van der Waals surface area contributed by atoms with Gasteiger partial charge in [-0.3, -0.25) is 4.98 Å². The van der Waals surface area contributed by atoms with Crippen LogP contribution in [0.5, 0.6) is 0 Å². The van der Waals surface area contributed by atoms with Crippen molar-refractivity contribution in [3.63, 3.8) is 0 Å². The molecule has 2 aromatic rings. The van der Waals surface area contributed by atoms with Crippen LogP contribution in [-0.4, -0.2) is 9.55 Å². The third-order valence-corrected chi connectivity index (χ3v) is 2.59. The second-order valence-electron chi connectivity index (χ2n) is 4.96. The molecule has 0 aliphatic carbocycles. The molecule has 0 saturated carbocycles. The second-order valence-corrected chi connectivity index (χ2v) is 6.87. The molecule has 0 aliphatic rings. The van der Waals surface area contributed by atoms with Gasteiger partial charge in [0.1, 0.15) is 18.9 Å². The van der Waals surface area contributed by atoms with E-state index in [0.717, 1.165) is 18.8 Å². The molecule has 0 fully saturated rings. The van der Waals surface area contributed by atoms with Crippen molar-refractivity contribution in [1.29, 1.82) is 0 Å². The van der Waals surface area contributed by atoms with Crippen LogP contribution < -0.4 is 4.57 Å². The zero-order valence-electron chi connectivity index (χ0n) is 12.4. The summed E-state index contributed by atoms with van der Waals surface area (Å²) in [7, 11) is -10.7. The van der Waals surface area contributed by atoms with Crippen molar-refractivity contribution in [3.8, 4) is 0 Å². The summed E-state index contributed by atoms with van der Waals surface area (Å²) < 4.78 is 63.6. The summed E-state index contributed by atoms with van der Waals surface area (Å²) in [5.74, 6) is 0. The molecular formula is C13H18F6N3P. The van der Waals surface area contributed by atoms with E-state index in [4.69, 9.17) is 0 Å². The van der Waals surface area contributed by atoms with E-state index < -0.39 is 7.81 Å². The first-order chi connectivity index (χ1) is 10.3. The van der Waals surface area contributed by atoms with E-state index >= 15 is 0 Å². The van der Waals surface area contributed by atoms with Crippen LogP contribution in [0.3, 0.4) is 0 Å². The second kappa shape index (κ2) is 6.47. The Balaban J connectivity index is 0.000000322. The van der Waals surface area contributed by atoms with E-state index in [9.17, 15) is 25.2 Å². The van der Waals surface area contributed by atoms with Crippen molar-refractivity contribution >= 4 is 7.81 Å². The van der Waals surface area contributed by atoms with Gasteiger partial charge in [-0.2, -0.15) is 0 Å². The summed E-state index contributed by atoms with van der Waals surface area (Å²) in [6, 6.07) is 6.02. The first-order valence-electron chi connectivity index (χ1n) is 6.84. The van der Waals surface area contributed by atoms with E-state index in [1.165, 1.54) is 12.8 Å². The molecule has 0 radical (unpaired) electrons. The number of unbranched alkanes of at least 4 members (excludes halogenated alkanes) is 1. The van der Waals surface area contributed by atoms with Gasteiger partial charge in [0.2, 0.25) is 6.33 Å². The van der Waals surface area contributed by atoms with Gasteiger partial charge in [0, 0.05) is 6.20 Å². The SMILES string of the molecule is CCCCn1cc[n+](Cc2ccccn2)c1.F[P-](F)(F)(F)(F)F. The molecular weight excluding hydrogens is 343 g/mol. The normalized spacial score (nSPS) is 14.4. The molecule has 0 bridgehead atoms. The van der Waals surface area contributed by atoms with E-state index in [0.29, 0.717) is 0 Å². The monoisotopic (exact) mass is 361 g/mol.